The normalized spacial score (nSPS) is 10.5. The van der Waals surface area contributed by atoms with E-state index >= 15 is 0 Å². The number of benzene rings is 1. The highest BCUT2D eigenvalue weighted by atomic mass is 32.1. The van der Waals surface area contributed by atoms with E-state index in [-0.39, 0.29) is 12.5 Å². The van der Waals surface area contributed by atoms with Crippen LogP contribution in [-0.4, -0.2) is 40.3 Å². The summed E-state index contributed by atoms with van der Waals surface area (Å²) in [5, 5.41) is 3.37. The molecule has 0 aliphatic heterocycles. The minimum Gasteiger partial charge on any atom is -0.382 e. The van der Waals surface area contributed by atoms with Gasteiger partial charge in [-0.3, -0.25) is 15.6 Å². The van der Waals surface area contributed by atoms with Gasteiger partial charge in [0.05, 0.1) is 17.4 Å². The Morgan fingerprint density at radius 3 is 3.00 bits per heavy atom. The van der Waals surface area contributed by atoms with Crippen LogP contribution < -0.4 is 16.2 Å². The number of carbonyl (C=O) groups is 1. The molecule has 0 bridgehead atoms. The Labute approximate surface area is 140 Å². The third-order valence-electron chi connectivity index (χ3n) is 3.11. The third-order valence-corrected chi connectivity index (χ3v) is 3.36. The van der Waals surface area contributed by atoms with Crippen molar-refractivity contribution in [3.05, 3.63) is 30.6 Å². The molecule has 1 aromatic heterocycles. The van der Waals surface area contributed by atoms with E-state index in [9.17, 15) is 4.79 Å². The van der Waals surface area contributed by atoms with Crippen LogP contribution in [0.15, 0.2) is 30.6 Å². The van der Waals surface area contributed by atoms with Gasteiger partial charge in [0, 0.05) is 19.8 Å². The number of hydrogen-bond donors (Lipinski definition) is 3. The fraction of sp³-hybridized carbons (Fsp3) is 0.400. The molecule has 1 aromatic carbocycles. The fourth-order valence-corrected chi connectivity index (χ4v) is 2.17. The summed E-state index contributed by atoms with van der Waals surface area (Å²) < 4.78 is 7.01. The summed E-state index contributed by atoms with van der Waals surface area (Å²) in [4.78, 5) is 16.2. The Balaban J connectivity index is 1.70. The van der Waals surface area contributed by atoms with Gasteiger partial charge in [-0.2, -0.15) is 0 Å². The lowest BCUT2D eigenvalue weighted by Gasteiger charge is -2.12. The largest absolute Gasteiger partial charge is 0.382 e. The van der Waals surface area contributed by atoms with Crippen LogP contribution in [0, 0.1) is 0 Å². The first-order valence-electron chi connectivity index (χ1n) is 7.51. The maximum atomic E-state index is 11.9. The molecule has 0 saturated carbocycles. The number of fused-ring (bicyclic) bond motifs is 1. The molecule has 0 saturated heterocycles. The summed E-state index contributed by atoms with van der Waals surface area (Å²) in [6, 6.07) is 7.66. The molecular formula is C15H21N5O2S. The topological polar surface area (TPSA) is 80.2 Å². The summed E-state index contributed by atoms with van der Waals surface area (Å²) in [5.74, 6) is -0.202. The van der Waals surface area contributed by atoms with E-state index in [1.54, 1.807) is 10.9 Å². The second kappa shape index (κ2) is 9.06. The highest BCUT2D eigenvalue weighted by molar-refractivity contribution is 7.80. The fourth-order valence-electron chi connectivity index (χ4n) is 2.02. The van der Waals surface area contributed by atoms with Crippen LogP contribution in [-0.2, 0) is 16.1 Å². The number of rotatable bonds is 7. The summed E-state index contributed by atoms with van der Waals surface area (Å²) in [6.45, 7) is 4.21. The number of hydrogen-bond acceptors (Lipinski definition) is 4. The summed E-state index contributed by atoms with van der Waals surface area (Å²) >= 11 is 5.08. The number of para-hydroxylation sites is 2. The van der Waals surface area contributed by atoms with Gasteiger partial charge in [-0.1, -0.05) is 12.1 Å². The van der Waals surface area contributed by atoms with Gasteiger partial charge in [-0.05, 0) is 37.7 Å². The Bertz CT molecular complexity index is 658. The predicted molar refractivity (Wildman–Crippen MR) is 92.7 cm³/mol. The Morgan fingerprint density at radius 1 is 1.35 bits per heavy atom. The molecule has 1 heterocycles. The Kier molecular flexibility index (Phi) is 6.76. The average molecular weight is 335 g/mol. The van der Waals surface area contributed by atoms with Gasteiger partial charge in [0.15, 0.2) is 5.11 Å². The number of nitrogens with one attached hydrogen (secondary N) is 3. The molecular weight excluding hydrogens is 314 g/mol. The lowest BCUT2D eigenvalue weighted by Crippen LogP contribution is -2.48. The molecule has 1 amide bonds. The number of hydrazine groups is 1. The molecule has 2 aromatic rings. The van der Waals surface area contributed by atoms with E-state index < -0.39 is 0 Å². The van der Waals surface area contributed by atoms with E-state index in [2.05, 4.69) is 21.2 Å². The van der Waals surface area contributed by atoms with Crippen LogP contribution in [0.5, 0.6) is 0 Å². The summed E-state index contributed by atoms with van der Waals surface area (Å²) in [7, 11) is 0. The number of ether oxygens (including phenoxy) is 1. The molecule has 23 heavy (non-hydrogen) atoms. The van der Waals surface area contributed by atoms with E-state index in [4.69, 9.17) is 17.0 Å². The van der Waals surface area contributed by atoms with Crippen LogP contribution in [0.3, 0.4) is 0 Å². The maximum Gasteiger partial charge on any atom is 0.258 e. The highest BCUT2D eigenvalue weighted by Gasteiger charge is 2.06. The van der Waals surface area contributed by atoms with Gasteiger partial charge in [0.25, 0.3) is 5.91 Å². The van der Waals surface area contributed by atoms with E-state index in [0.717, 1.165) is 17.5 Å². The SMILES string of the molecule is CCOCCCNC(=S)NNC(=O)Cn1cnc2ccccc21. The number of carbonyl (C=O) groups excluding carboxylic acids is 1. The van der Waals surface area contributed by atoms with Crippen molar-refractivity contribution in [1.29, 1.82) is 0 Å². The lowest BCUT2D eigenvalue weighted by atomic mass is 10.3. The molecule has 0 atom stereocenters. The third kappa shape index (κ3) is 5.50. The van der Waals surface area contributed by atoms with Gasteiger partial charge in [-0.15, -0.1) is 0 Å². The zero-order chi connectivity index (χ0) is 16.5. The number of amides is 1. The zero-order valence-corrected chi connectivity index (χ0v) is 13.9. The van der Waals surface area contributed by atoms with Gasteiger partial charge in [0.2, 0.25) is 0 Å². The standard InChI is InChI=1S/C15H21N5O2S/c1-2-22-9-5-8-16-15(23)19-18-14(21)10-20-11-17-12-6-3-4-7-13(12)20/h3-4,6-7,11H,2,5,8-10H2,1H3,(H,18,21)(H2,16,19,23). The molecule has 2 rings (SSSR count). The summed E-state index contributed by atoms with van der Waals surface area (Å²) in [6.07, 6.45) is 2.50. The highest BCUT2D eigenvalue weighted by Crippen LogP contribution is 2.11. The summed E-state index contributed by atoms with van der Waals surface area (Å²) in [5.41, 5.74) is 7.02. The molecule has 0 aliphatic rings. The van der Waals surface area contributed by atoms with Crippen molar-refractivity contribution in [3.63, 3.8) is 0 Å². The molecule has 8 heteroatoms. The van der Waals surface area contributed by atoms with Crippen molar-refractivity contribution in [2.75, 3.05) is 19.8 Å². The second-order valence-electron chi connectivity index (χ2n) is 4.84. The van der Waals surface area contributed by atoms with Gasteiger partial charge < -0.3 is 14.6 Å². The maximum absolute atomic E-state index is 11.9. The van der Waals surface area contributed by atoms with Crippen LogP contribution in [0.25, 0.3) is 11.0 Å². The van der Waals surface area contributed by atoms with E-state index in [0.29, 0.717) is 24.9 Å². The first kappa shape index (κ1) is 17.2. The van der Waals surface area contributed by atoms with Crippen molar-refractivity contribution in [2.24, 2.45) is 0 Å². The molecule has 124 valence electrons. The van der Waals surface area contributed by atoms with Crippen LogP contribution in [0.4, 0.5) is 0 Å². The first-order valence-corrected chi connectivity index (χ1v) is 7.92. The smallest absolute Gasteiger partial charge is 0.258 e. The zero-order valence-electron chi connectivity index (χ0n) is 13.0. The molecule has 0 unspecified atom stereocenters. The molecule has 3 N–H and O–H groups in total. The quantitative estimate of drug-likeness (QED) is 0.397. The van der Waals surface area contributed by atoms with Gasteiger partial charge in [-0.25, -0.2) is 4.98 Å². The van der Waals surface area contributed by atoms with Crippen molar-refractivity contribution in [1.82, 2.24) is 25.7 Å². The Morgan fingerprint density at radius 2 is 2.17 bits per heavy atom. The second-order valence-corrected chi connectivity index (χ2v) is 5.25. The minimum atomic E-state index is -0.202. The molecule has 0 radical (unpaired) electrons. The van der Waals surface area contributed by atoms with Crippen molar-refractivity contribution in [3.8, 4) is 0 Å². The van der Waals surface area contributed by atoms with Crippen LogP contribution in [0.2, 0.25) is 0 Å². The van der Waals surface area contributed by atoms with Gasteiger partial charge in [0.1, 0.15) is 6.54 Å². The number of imidazole rings is 1. The monoisotopic (exact) mass is 335 g/mol. The molecule has 0 aliphatic carbocycles. The van der Waals surface area contributed by atoms with Crippen molar-refractivity contribution >= 4 is 34.3 Å². The number of thiocarbonyl (C=S) groups is 1. The molecule has 0 fully saturated rings. The van der Waals surface area contributed by atoms with E-state index in [1.807, 2.05) is 31.2 Å². The van der Waals surface area contributed by atoms with Gasteiger partial charge >= 0.3 is 0 Å². The Hall–Kier alpha value is -2.19. The lowest BCUT2D eigenvalue weighted by molar-refractivity contribution is -0.122. The molecule has 0 spiro atoms. The number of aromatic nitrogens is 2. The van der Waals surface area contributed by atoms with Crippen molar-refractivity contribution in [2.45, 2.75) is 19.9 Å². The van der Waals surface area contributed by atoms with Crippen LogP contribution in [0.1, 0.15) is 13.3 Å². The first-order chi connectivity index (χ1) is 11.2. The minimum absolute atomic E-state index is 0.167. The predicted octanol–water partition coefficient (Wildman–Crippen LogP) is 0.958. The number of nitrogens with zero attached hydrogens (tertiary/aromatic N) is 2. The average Bonchev–Trinajstić information content (AvgIpc) is 2.96. The molecule has 7 nitrogen and oxygen atoms in total. The van der Waals surface area contributed by atoms with Crippen molar-refractivity contribution < 1.29 is 9.53 Å². The van der Waals surface area contributed by atoms with E-state index in [1.165, 1.54) is 0 Å². The van der Waals surface area contributed by atoms with Crippen LogP contribution >= 0.6 is 12.2 Å².